The van der Waals surface area contributed by atoms with Gasteiger partial charge in [0.05, 0.1) is 17.1 Å². The summed E-state index contributed by atoms with van der Waals surface area (Å²) < 4.78 is 0. The van der Waals surface area contributed by atoms with Gasteiger partial charge >= 0.3 is 0 Å². The Bertz CT molecular complexity index is 922. The van der Waals surface area contributed by atoms with Crippen molar-refractivity contribution in [3.05, 3.63) is 66.2 Å². The third kappa shape index (κ3) is 2.71. The fraction of sp³-hybridized carbons (Fsp3) is 0.0556. The molecule has 0 bridgehead atoms. The molecule has 112 valence electrons. The third-order valence-electron chi connectivity index (χ3n) is 3.75. The van der Waals surface area contributed by atoms with E-state index in [0.29, 0.717) is 11.6 Å². The number of carbonyl (C=O) groups excluding carboxylic acids is 1. The number of fused-ring (bicyclic) bond motifs is 1. The second-order valence-electron chi connectivity index (χ2n) is 5.18. The maximum absolute atomic E-state index is 11.7. The van der Waals surface area contributed by atoms with E-state index in [4.69, 9.17) is 0 Å². The fourth-order valence-corrected chi connectivity index (χ4v) is 3.29. The summed E-state index contributed by atoms with van der Waals surface area (Å²) in [5, 5.41) is 4.25. The molecule has 23 heavy (non-hydrogen) atoms. The molecule has 1 N–H and O–H groups in total. The van der Waals surface area contributed by atoms with E-state index in [-0.39, 0.29) is 5.12 Å². The van der Waals surface area contributed by atoms with Crippen LogP contribution in [0.1, 0.15) is 5.56 Å². The van der Waals surface area contributed by atoms with Gasteiger partial charge in [-0.1, -0.05) is 17.8 Å². The van der Waals surface area contributed by atoms with Gasteiger partial charge in [0.2, 0.25) is 5.12 Å². The number of aromatic nitrogens is 2. The van der Waals surface area contributed by atoms with Gasteiger partial charge in [0.25, 0.3) is 0 Å². The van der Waals surface area contributed by atoms with Gasteiger partial charge in [-0.2, -0.15) is 0 Å². The Morgan fingerprint density at radius 3 is 2.74 bits per heavy atom. The first-order valence-corrected chi connectivity index (χ1v) is 8.22. The quantitative estimate of drug-likeness (QED) is 0.733. The lowest BCUT2D eigenvalue weighted by atomic mass is 10.0. The van der Waals surface area contributed by atoms with Gasteiger partial charge in [0, 0.05) is 24.0 Å². The third-order valence-corrected chi connectivity index (χ3v) is 4.52. The molecule has 1 aliphatic rings. The van der Waals surface area contributed by atoms with Crippen LogP contribution in [-0.4, -0.2) is 21.0 Å². The Balaban J connectivity index is 1.86. The minimum absolute atomic E-state index is 0.0886. The van der Waals surface area contributed by atoms with Crippen molar-refractivity contribution in [3.63, 3.8) is 0 Å². The molecular formula is C18H13N3OS. The first-order valence-electron chi connectivity index (χ1n) is 7.23. The molecule has 4 nitrogen and oxygen atoms in total. The van der Waals surface area contributed by atoms with Gasteiger partial charge in [0.15, 0.2) is 0 Å². The van der Waals surface area contributed by atoms with E-state index in [2.05, 4.69) is 21.4 Å². The smallest absolute Gasteiger partial charge is 0.236 e. The van der Waals surface area contributed by atoms with Crippen LogP contribution in [0.4, 0.5) is 0 Å². The van der Waals surface area contributed by atoms with Crippen LogP contribution >= 0.6 is 11.8 Å². The zero-order chi connectivity index (χ0) is 15.6. The molecule has 0 atom stereocenters. The van der Waals surface area contributed by atoms with Gasteiger partial charge < -0.3 is 5.32 Å². The van der Waals surface area contributed by atoms with Gasteiger partial charge in [-0.15, -0.1) is 0 Å². The van der Waals surface area contributed by atoms with E-state index in [1.54, 1.807) is 12.4 Å². The highest BCUT2D eigenvalue weighted by Crippen LogP contribution is 2.28. The topological polar surface area (TPSA) is 54.9 Å². The maximum atomic E-state index is 11.7. The number of hydrogen-bond donors (Lipinski definition) is 1. The molecule has 1 aromatic carbocycles. The molecule has 0 amide bonds. The molecule has 1 aliphatic heterocycles. The summed E-state index contributed by atoms with van der Waals surface area (Å²) >= 11 is 1.29. The van der Waals surface area contributed by atoms with Gasteiger partial charge in [-0.05, 0) is 53.1 Å². The van der Waals surface area contributed by atoms with Crippen LogP contribution in [-0.2, 0) is 4.79 Å². The summed E-state index contributed by atoms with van der Waals surface area (Å²) in [6, 6.07) is 12.0. The van der Waals surface area contributed by atoms with E-state index < -0.39 is 0 Å². The second-order valence-corrected chi connectivity index (χ2v) is 6.13. The number of carbonyl (C=O) groups is 1. The highest BCUT2D eigenvalue weighted by atomic mass is 32.2. The largest absolute Gasteiger partial charge is 0.372 e. The number of thioether (sulfide) groups is 1. The number of nitrogens with zero attached hydrogens (tertiary/aromatic N) is 2. The predicted octanol–water partition coefficient (Wildman–Crippen LogP) is 3.46. The van der Waals surface area contributed by atoms with Gasteiger partial charge in [-0.25, -0.2) is 0 Å². The molecule has 0 radical (unpaired) electrons. The van der Waals surface area contributed by atoms with Crippen molar-refractivity contribution in [2.45, 2.75) is 0 Å². The summed E-state index contributed by atoms with van der Waals surface area (Å²) in [4.78, 5) is 20.2. The van der Waals surface area contributed by atoms with Crippen LogP contribution in [0.2, 0.25) is 0 Å². The van der Waals surface area contributed by atoms with Crippen molar-refractivity contribution in [1.82, 2.24) is 15.3 Å². The number of benzene rings is 1. The molecule has 2 aromatic heterocycles. The van der Waals surface area contributed by atoms with Crippen LogP contribution in [0.25, 0.3) is 28.1 Å². The minimum Gasteiger partial charge on any atom is -0.372 e. The lowest BCUT2D eigenvalue weighted by molar-refractivity contribution is -0.107. The summed E-state index contributed by atoms with van der Waals surface area (Å²) in [6.45, 7) is 0. The zero-order valence-corrected chi connectivity index (χ0v) is 13.0. The van der Waals surface area contributed by atoms with E-state index in [0.717, 1.165) is 27.6 Å². The number of nitrogens with one attached hydrogen (secondary N) is 1. The predicted molar refractivity (Wildman–Crippen MR) is 93.6 cm³/mol. The summed E-state index contributed by atoms with van der Waals surface area (Å²) in [7, 11) is 0. The molecule has 0 aliphatic carbocycles. The van der Waals surface area contributed by atoms with E-state index in [1.807, 2.05) is 42.6 Å². The number of rotatable bonds is 2. The Morgan fingerprint density at radius 1 is 1.09 bits per heavy atom. The molecule has 0 spiro atoms. The first-order chi connectivity index (χ1) is 11.3. The van der Waals surface area contributed by atoms with Crippen molar-refractivity contribution in [2.75, 3.05) is 5.88 Å². The number of hydrogen-bond acceptors (Lipinski definition) is 5. The van der Waals surface area contributed by atoms with E-state index in [9.17, 15) is 4.79 Å². The van der Waals surface area contributed by atoms with Gasteiger partial charge in [-0.3, -0.25) is 14.8 Å². The van der Waals surface area contributed by atoms with Crippen LogP contribution in [0.3, 0.4) is 0 Å². The SMILES string of the molecule is O=C1SCN/C1=C\c1ccc2nccc(-c3ccncc3)c2c1. The molecular weight excluding hydrogens is 306 g/mol. The Hall–Kier alpha value is -2.66. The second kappa shape index (κ2) is 5.85. The summed E-state index contributed by atoms with van der Waals surface area (Å²) in [6.07, 6.45) is 7.28. The number of pyridine rings is 2. The lowest BCUT2D eigenvalue weighted by Gasteiger charge is -2.07. The average molecular weight is 319 g/mol. The maximum Gasteiger partial charge on any atom is 0.236 e. The first kappa shape index (κ1) is 14.0. The highest BCUT2D eigenvalue weighted by Gasteiger charge is 2.16. The molecule has 3 aromatic rings. The molecule has 0 saturated carbocycles. The van der Waals surface area contributed by atoms with Crippen molar-refractivity contribution in [3.8, 4) is 11.1 Å². The molecule has 4 rings (SSSR count). The summed E-state index contributed by atoms with van der Waals surface area (Å²) in [5.41, 5.74) is 4.78. The van der Waals surface area contributed by atoms with Crippen molar-refractivity contribution in [1.29, 1.82) is 0 Å². The fourth-order valence-electron chi connectivity index (χ4n) is 2.64. The zero-order valence-electron chi connectivity index (χ0n) is 12.2. The van der Waals surface area contributed by atoms with E-state index >= 15 is 0 Å². The standard InChI is InChI=1S/C18H13N3OS/c22-18-17(21-11-23-18)10-12-1-2-16-15(9-12)14(5-8-20-16)13-3-6-19-7-4-13/h1-10,21H,11H2/b17-10-. The van der Waals surface area contributed by atoms with Crippen molar-refractivity contribution >= 4 is 33.9 Å². The molecule has 1 fully saturated rings. The average Bonchev–Trinajstić information content (AvgIpc) is 3.00. The highest BCUT2D eigenvalue weighted by molar-refractivity contribution is 8.14. The van der Waals surface area contributed by atoms with E-state index in [1.165, 1.54) is 11.8 Å². The van der Waals surface area contributed by atoms with Gasteiger partial charge in [0.1, 0.15) is 0 Å². The molecule has 0 unspecified atom stereocenters. The monoisotopic (exact) mass is 319 g/mol. The van der Waals surface area contributed by atoms with Crippen LogP contribution in [0.15, 0.2) is 60.7 Å². The molecule has 1 saturated heterocycles. The van der Waals surface area contributed by atoms with Crippen LogP contribution in [0, 0.1) is 0 Å². The summed E-state index contributed by atoms with van der Waals surface area (Å²) in [5.74, 6) is 0.641. The Morgan fingerprint density at radius 2 is 1.96 bits per heavy atom. The molecule has 5 heteroatoms. The Kier molecular flexibility index (Phi) is 3.55. The normalized spacial score (nSPS) is 16.0. The Labute approximate surface area is 137 Å². The minimum atomic E-state index is 0.0886. The lowest BCUT2D eigenvalue weighted by Crippen LogP contribution is -2.06. The van der Waals surface area contributed by atoms with Crippen molar-refractivity contribution < 1.29 is 4.79 Å². The van der Waals surface area contributed by atoms with Crippen molar-refractivity contribution in [2.24, 2.45) is 0 Å². The molecule has 3 heterocycles. The van der Waals surface area contributed by atoms with Crippen LogP contribution < -0.4 is 5.32 Å². The van der Waals surface area contributed by atoms with Crippen LogP contribution in [0.5, 0.6) is 0 Å².